The van der Waals surface area contributed by atoms with Crippen LogP contribution in [0.2, 0.25) is 0 Å². The summed E-state index contributed by atoms with van der Waals surface area (Å²) in [6, 6.07) is 0. The number of hydrogen-bond donors (Lipinski definition) is 0. The van der Waals surface area contributed by atoms with Gasteiger partial charge in [0.05, 0.1) is 5.70 Å². The SMILES string of the molecule is C1=CC2=CC=C3N=NN4C=CC=C(C2C=C1)N34. The van der Waals surface area contributed by atoms with E-state index in [1.165, 1.54) is 11.3 Å². The molecule has 0 bridgehead atoms. The lowest BCUT2D eigenvalue weighted by molar-refractivity contribution is 0.119. The average molecular weight is 222 g/mol. The van der Waals surface area contributed by atoms with Crippen LogP contribution in [0.5, 0.6) is 0 Å². The molecule has 0 aromatic rings. The van der Waals surface area contributed by atoms with E-state index in [2.05, 4.69) is 46.8 Å². The zero-order chi connectivity index (χ0) is 11.2. The van der Waals surface area contributed by atoms with Gasteiger partial charge in [-0.25, -0.2) is 5.01 Å². The topological polar surface area (TPSA) is 31.2 Å². The number of rotatable bonds is 0. The van der Waals surface area contributed by atoms with Crippen molar-refractivity contribution in [2.24, 2.45) is 16.3 Å². The summed E-state index contributed by atoms with van der Waals surface area (Å²) in [6.07, 6.45) is 18.6. The van der Waals surface area contributed by atoms with E-state index in [-0.39, 0.29) is 5.92 Å². The van der Waals surface area contributed by atoms with Gasteiger partial charge in [-0.05, 0) is 29.0 Å². The minimum Gasteiger partial charge on any atom is -0.215 e. The second-order valence-corrected chi connectivity index (χ2v) is 4.17. The van der Waals surface area contributed by atoms with Crippen molar-refractivity contribution in [3.05, 3.63) is 71.9 Å². The average Bonchev–Trinajstić information content (AvgIpc) is 2.72. The second kappa shape index (κ2) is 3.07. The molecule has 4 aliphatic rings. The summed E-state index contributed by atoms with van der Waals surface area (Å²) in [5.41, 5.74) is 2.47. The van der Waals surface area contributed by atoms with E-state index in [9.17, 15) is 0 Å². The van der Waals surface area contributed by atoms with Gasteiger partial charge in [-0.3, -0.25) is 0 Å². The van der Waals surface area contributed by atoms with Crippen LogP contribution in [0, 0.1) is 5.92 Å². The summed E-state index contributed by atoms with van der Waals surface area (Å²) in [7, 11) is 0. The quantitative estimate of drug-likeness (QED) is 0.631. The highest BCUT2D eigenvalue weighted by Gasteiger charge is 2.33. The van der Waals surface area contributed by atoms with Gasteiger partial charge in [0.25, 0.3) is 0 Å². The van der Waals surface area contributed by atoms with Gasteiger partial charge >= 0.3 is 0 Å². The Morgan fingerprint density at radius 3 is 3.06 bits per heavy atom. The van der Waals surface area contributed by atoms with Crippen LogP contribution in [0.4, 0.5) is 0 Å². The molecule has 0 N–H and O–H groups in total. The third-order valence-electron chi connectivity index (χ3n) is 3.20. The molecule has 1 unspecified atom stereocenters. The third kappa shape index (κ3) is 1.12. The largest absolute Gasteiger partial charge is 0.215 e. The van der Waals surface area contributed by atoms with Crippen molar-refractivity contribution in [2.75, 3.05) is 0 Å². The summed E-state index contributed by atoms with van der Waals surface area (Å²) < 4.78 is 0. The highest BCUT2D eigenvalue weighted by atomic mass is 15.9. The molecule has 82 valence electrons. The standard InChI is InChI=1S/C13H10N4/c1-2-5-11-10(4-1)7-8-13-14-15-16-9-3-6-12(11)17(13)16/h1-9,11H. The monoisotopic (exact) mass is 222 g/mol. The van der Waals surface area contributed by atoms with E-state index < -0.39 is 0 Å². The predicted octanol–water partition coefficient (Wildman–Crippen LogP) is 2.82. The Morgan fingerprint density at radius 2 is 2.06 bits per heavy atom. The summed E-state index contributed by atoms with van der Waals surface area (Å²) in [6.45, 7) is 0. The van der Waals surface area contributed by atoms with Crippen LogP contribution in [0.25, 0.3) is 0 Å². The van der Waals surface area contributed by atoms with Crippen LogP contribution in [0.3, 0.4) is 0 Å². The smallest absolute Gasteiger partial charge is 0.177 e. The molecule has 0 aromatic carbocycles. The van der Waals surface area contributed by atoms with Crippen molar-refractivity contribution in [1.82, 2.24) is 10.1 Å². The Hall–Kier alpha value is -2.36. The molecule has 0 fully saturated rings. The molecule has 17 heavy (non-hydrogen) atoms. The van der Waals surface area contributed by atoms with Gasteiger partial charge in [-0.15, -0.1) is 5.11 Å². The highest BCUT2D eigenvalue weighted by molar-refractivity contribution is 5.46. The normalized spacial score (nSPS) is 27.3. The lowest BCUT2D eigenvalue weighted by atomic mass is 9.91. The highest BCUT2D eigenvalue weighted by Crippen LogP contribution is 2.38. The van der Waals surface area contributed by atoms with E-state index in [1.807, 2.05) is 23.4 Å². The molecule has 4 nitrogen and oxygen atoms in total. The fourth-order valence-electron chi connectivity index (χ4n) is 2.41. The predicted molar refractivity (Wildman–Crippen MR) is 63.7 cm³/mol. The maximum atomic E-state index is 4.17. The number of fused-ring (bicyclic) bond motifs is 2. The van der Waals surface area contributed by atoms with E-state index >= 15 is 0 Å². The molecule has 0 aromatic heterocycles. The Morgan fingerprint density at radius 1 is 1.06 bits per heavy atom. The van der Waals surface area contributed by atoms with Crippen LogP contribution >= 0.6 is 0 Å². The van der Waals surface area contributed by atoms with Crippen LogP contribution in [0.1, 0.15) is 0 Å². The lowest BCUT2D eigenvalue weighted by Crippen LogP contribution is -2.33. The lowest BCUT2D eigenvalue weighted by Gasteiger charge is -2.32. The van der Waals surface area contributed by atoms with Crippen molar-refractivity contribution >= 4 is 0 Å². The van der Waals surface area contributed by atoms with Gasteiger partial charge in [-0.2, -0.15) is 5.12 Å². The first-order valence-electron chi connectivity index (χ1n) is 5.59. The first-order valence-corrected chi connectivity index (χ1v) is 5.59. The maximum Gasteiger partial charge on any atom is 0.177 e. The summed E-state index contributed by atoms with van der Waals surface area (Å²) in [5.74, 6) is 1.15. The van der Waals surface area contributed by atoms with Crippen molar-refractivity contribution in [3.63, 3.8) is 0 Å². The molecule has 0 saturated carbocycles. The molecule has 3 aliphatic heterocycles. The maximum absolute atomic E-state index is 4.17. The van der Waals surface area contributed by atoms with E-state index in [1.54, 1.807) is 5.12 Å². The van der Waals surface area contributed by atoms with E-state index in [0.717, 1.165) is 5.82 Å². The zero-order valence-electron chi connectivity index (χ0n) is 9.06. The molecule has 4 heteroatoms. The molecule has 1 aliphatic carbocycles. The zero-order valence-corrected chi connectivity index (χ0v) is 9.06. The Kier molecular flexibility index (Phi) is 1.58. The molecule has 1 atom stereocenters. The Balaban J connectivity index is 1.92. The fraction of sp³-hybridized carbons (Fsp3) is 0.0769. The molecule has 3 heterocycles. The van der Waals surface area contributed by atoms with Crippen LogP contribution in [-0.2, 0) is 0 Å². The summed E-state index contributed by atoms with van der Waals surface area (Å²) in [4.78, 5) is 0. The first kappa shape index (κ1) is 8.75. The van der Waals surface area contributed by atoms with Gasteiger partial charge < -0.3 is 0 Å². The summed E-state index contributed by atoms with van der Waals surface area (Å²) in [5, 5.41) is 12.1. The first-order chi connectivity index (χ1) is 8.43. The Labute approximate surface area is 98.9 Å². The van der Waals surface area contributed by atoms with E-state index in [0.29, 0.717) is 0 Å². The van der Waals surface area contributed by atoms with Crippen molar-refractivity contribution < 1.29 is 0 Å². The minimum absolute atomic E-state index is 0.282. The molecular formula is C13H10N4. The minimum atomic E-state index is 0.282. The van der Waals surface area contributed by atoms with Gasteiger partial charge in [-0.1, -0.05) is 30.4 Å². The number of nitrogens with zero attached hydrogens (tertiary/aromatic N) is 4. The molecule has 0 spiro atoms. The number of hydrogen-bond acceptors (Lipinski definition) is 4. The Bertz CT molecular complexity index is 587. The number of allylic oxidation sites excluding steroid dienone is 8. The van der Waals surface area contributed by atoms with Gasteiger partial charge in [0.15, 0.2) is 5.82 Å². The van der Waals surface area contributed by atoms with Gasteiger partial charge in [0.1, 0.15) is 0 Å². The third-order valence-corrected chi connectivity index (χ3v) is 3.20. The fourth-order valence-corrected chi connectivity index (χ4v) is 2.41. The molecule has 0 amide bonds. The van der Waals surface area contributed by atoms with E-state index in [4.69, 9.17) is 0 Å². The van der Waals surface area contributed by atoms with Crippen LogP contribution in [0.15, 0.2) is 82.2 Å². The molecular weight excluding hydrogens is 212 g/mol. The van der Waals surface area contributed by atoms with Crippen LogP contribution in [-0.4, -0.2) is 10.1 Å². The van der Waals surface area contributed by atoms with Gasteiger partial charge in [0.2, 0.25) is 0 Å². The van der Waals surface area contributed by atoms with Crippen molar-refractivity contribution in [3.8, 4) is 0 Å². The van der Waals surface area contributed by atoms with Crippen molar-refractivity contribution in [2.45, 2.75) is 0 Å². The summed E-state index contributed by atoms with van der Waals surface area (Å²) >= 11 is 0. The van der Waals surface area contributed by atoms with Crippen LogP contribution < -0.4 is 0 Å². The molecule has 0 radical (unpaired) electrons. The second-order valence-electron chi connectivity index (χ2n) is 4.17. The molecule has 4 rings (SSSR count). The van der Waals surface area contributed by atoms with Gasteiger partial charge in [0, 0.05) is 12.1 Å². The number of hydrazine groups is 1. The molecule has 0 saturated heterocycles. The van der Waals surface area contributed by atoms with Crippen molar-refractivity contribution in [1.29, 1.82) is 0 Å².